The van der Waals surface area contributed by atoms with Crippen molar-refractivity contribution in [1.29, 1.82) is 0 Å². The highest BCUT2D eigenvalue weighted by Gasteiger charge is 2.21. The molecule has 1 heterocycles. The molecule has 1 aliphatic heterocycles. The van der Waals surface area contributed by atoms with Crippen LogP contribution in [0.25, 0.3) is 0 Å². The fourth-order valence-corrected chi connectivity index (χ4v) is 3.37. The van der Waals surface area contributed by atoms with Gasteiger partial charge in [-0.3, -0.25) is 9.69 Å². The number of anilines is 1. The van der Waals surface area contributed by atoms with Gasteiger partial charge in [0.1, 0.15) is 0 Å². The van der Waals surface area contributed by atoms with Gasteiger partial charge in [-0.25, -0.2) is 4.79 Å². The summed E-state index contributed by atoms with van der Waals surface area (Å²) in [6.45, 7) is 2.41. The molecule has 0 aromatic heterocycles. The lowest BCUT2D eigenvalue weighted by Gasteiger charge is -2.34. The molecule has 3 amide bonds. The molecule has 0 saturated carbocycles. The highest BCUT2D eigenvalue weighted by Crippen LogP contribution is 2.17. The van der Waals surface area contributed by atoms with Crippen LogP contribution in [0, 0.1) is 0 Å². The molecule has 1 unspecified atom stereocenters. The van der Waals surface area contributed by atoms with Gasteiger partial charge in [-0.05, 0) is 37.4 Å². The Hall–Kier alpha value is -2.12. The number of aliphatic hydroxyl groups is 1. The number of nitrogens with one attached hydrogen (secondary N) is 2. The number of carbonyl (C=O) groups is 2. The number of nitrogens with zero attached hydrogens (tertiary/aromatic N) is 2. The minimum absolute atomic E-state index is 0.0641. The number of urea groups is 1. The molecule has 1 aromatic rings. The van der Waals surface area contributed by atoms with E-state index in [1.54, 1.807) is 19.0 Å². The highest BCUT2D eigenvalue weighted by molar-refractivity contribution is 5.90. The Morgan fingerprint density at radius 3 is 2.78 bits per heavy atom. The third kappa shape index (κ3) is 6.84. The Balaban J connectivity index is 1.80. The van der Waals surface area contributed by atoms with Gasteiger partial charge in [-0.2, -0.15) is 0 Å². The molecule has 1 atom stereocenters. The van der Waals surface area contributed by atoms with E-state index >= 15 is 0 Å². The molecule has 150 valence electrons. The zero-order chi connectivity index (χ0) is 19.6. The van der Waals surface area contributed by atoms with E-state index < -0.39 is 0 Å². The second-order valence-electron chi connectivity index (χ2n) is 7.19. The van der Waals surface area contributed by atoms with Crippen LogP contribution >= 0.6 is 0 Å². The third-order valence-electron chi connectivity index (χ3n) is 5.02. The molecular formula is C20H32N4O3. The van der Waals surface area contributed by atoms with Crippen LogP contribution in [0.1, 0.15) is 31.2 Å². The number of hydrogen-bond acceptors (Lipinski definition) is 4. The van der Waals surface area contributed by atoms with Gasteiger partial charge in [0.25, 0.3) is 0 Å². The molecule has 3 N–H and O–H groups in total. The van der Waals surface area contributed by atoms with Gasteiger partial charge in [0.2, 0.25) is 5.91 Å². The number of aliphatic hydroxyl groups excluding tert-OH is 1. The van der Waals surface area contributed by atoms with Gasteiger partial charge in [-0.15, -0.1) is 0 Å². The number of likely N-dealkylation sites (tertiary alicyclic amines) is 1. The third-order valence-corrected chi connectivity index (χ3v) is 5.02. The summed E-state index contributed by atoms with van der Waals surface area (Å²) in [5.41, 5.74) is 1.67. The SMILES string of the molecule is CN(C)C(=O)CCc1ccccc1NC(=O)NCCN1CCCCC1CO. The molecule has 0 bridgehead atoms. The van der Waals surface area contributed by atoms with Crippen LogP contribution in [-0.2, 0) is 11.2 Å². The maximum Gasteiger partial charge on any atom is 0.319 e. The summed E-state index contributed by atoms with van der Waals surface area (Å²) in [5.74, 6) is 0.0641. The molecule has 0 aliphatic carbocycles. The zero-order valence-electron chi connectivity index (χ0n) is 16.4. The largest absolute Gasteiger partial charge is 0.395 e. The summed E-state index contributed by atoms with van der Waals surface area (Å²) in [7, 11) is 3.48. The molecule has 1 saturated heterocycles. The lowest BCUT2D eigenvalue weighted by Crippen LogP contribution is -2.46. The monoisotopic (exact) mass is 376 g/mol. The van der Waals surface area contributed by atoms with Gasteiger partial charge < -0.3 is 20.6 Å². The average molecular weight is 377 g/mol. The van der Waals surface area contributed by atoms with Crippen molar-refractivity contribution >= 4 is 17.6 Å². The summed E-state index contributed by atoms with van der Waals surface area (Å²) >= 11 is 0. The first-order valence-electron chi connectivity index (χ1n) is 9.69. The molecule has 0 spiro atoms. The van der Waals surface area contributed by atoms with E-state index in [0.29, 0.717) is 19.4 Å². The van der Waals surface area contributed by atoms with Crippen LogP contribution in [0.5, 0.6) is 0 Å². The fourth-order valence-electron chi connectivity index (χ4n) is 3.37. The van der Waals surface area contributed by atoms with Crippen molar-refractivity contribution in [3.05, 3.63) is 29.8 Å². The van der Waals surface area contributed by atoms with Crippen molar-refractivity contribution in [2.24, 2.45) is 0 Å². The van der Waals surface area contributed by atoms with Crippen LogP contribution in [0.2, 0.25) is 0 Å². The average Bonchev–Trinajstić information content (AvgIpc) is 2.67. The fraction of sp³-hybridized carbons (Fsp3) is 0.600. The lowest BCUT2D eigenvalue weighted by atomic mass is 10.0. The van der Waals surface area contributed by atoms with Crippen molar-refractivity contribution < 1.29 is 14.7 Å². The number of para-hydroxylation sites is 1. The highest BCUT2D eigenvalue weighted by atomic mass is 16.3. The Morgan fingerprint density at radius 2 is 2.04 bits per heavy atom. The van der Waals surface area contributed by atoms with Crippen molar-refractivity contribution in [2.45, 2.75) is 38.1 Å². The zero-order valence-corrected chi connectivity index (χ0v) is 16.4. The van der Waals surface area contributed by atoms with Crippen LogP contribution in [-0.4, -0.2) is 73.2 Å². The maximum absolute atomic E-state index is 12.2. The molecule has 7 heteroatoms. The molecule has 1 aliphatic rings. The van der Waals surface area contributed by atoms with Crippen LogP contribution in [0.3, 0.4) is 0 Å². The van der Waals surface area contributed by atoms with Crippen LogP contribution in [0.15, 0.2) is 24.3 Å². The van der Waals surface area contributed by atoms with Gasteiger partial charge >= 0.3 is 6.03 Å². The summed E-state index contributed by atoms with van der Waals surface area (Å²) in [4.78, 5) is 27.8. The Labute approximate surface area is 161 Å². The quantitative estimate of drug-likeness (QED) is 0.644. The summed E-state index contributed by atoms with van der Waals surface area (Å²) in [5, 5.41) is 15.2. The smallest absolute Gasteiger partial charge is 0.319 e. The van der Waals surface area contributed by atoms with Crippen molar-refractivity contribution in [2.75, 3.05) is 45.7 Å². The first kappa shape index (κ1) is 21.2. The number of piperidine rings is 1. The van der Waals surface area contributed by atoms with E-state index in [-0.39, 0.29) is 24.6 Å². The topological polar surface area (TPSA) is 84.9 Å². The second-order valence-corrected chi connectivity index (χ2v) is 7.19. The number of benzene rings is 1. The molecule has 2 rings (SSSR count). The second kappa shape index (κ2) is 10.9. The van der Waals surface area contributed by atoms with Gasteiger partial charge in [0.05, 0.1) is 6.61 Å². The van der Waals surface area contributed by atoms with E-state index in [4.69, 9.17) is 0 Å². The number of carbonyl (C=O) groups excluding carboxylic acids is 2. The van der Waals surface area contributed by atoms with E-state index in [0.717, 1.165) is 43.6 Å². The Bertz CT molecular complexity index is 621. The Morgan fingerprint density at radius 1 is 1.26 bits per heavy atom. The van der Waals surface area contributed by atoms with Gasteiger partial charge in [-0.1, -0.05) is 24.6 Å². The maximum atomic E-state index is 12.2. The number of amides is 3. The Kier molecular flexibility index (Phi) is 8.54. The predicted molar refractivity (Wildman–Crippen MR) is 107 cm³/mol. The first-order valence-corrected chi connectivity index (χ1v) is 9.69. The van der Waals surface area contributed by atoms with E-state index in [1.807, 2.05) is 24.3 Å². The molecule has 7 nitrogen and oxygen atoms in total. The first-order chi connectivity index (χ1) is 13.0. The van der Waals surface area contributed by atoms with E-state index in [2.05, 4.69) is 15.5 Å². The lowest BCUT2D eigenvalue weighted by molar-refractivity contribution is -0.128. The molecule has 1 aromatic carbocycles. The standard InChI is InChI=1S/C20H32N4O3/c1-23(2)19(26)11-10-16-7-3-4-9-18(16)22-20(27)21-12-14-24-13-6-5-8-17(24)15-25/h3-4,7,9,17,25H,5-6,8,10-15H2,1-2H3,(H2,21,22,27). The number of rotatable bonds is 8. The molecular weight excluding hydrogens is 344 g/mol. The summed E-state index contributed by atoms with van der Waals surface area (Å²) in [6, 6.07) is 7.51. The van der Waals surface area contributed by atoms with E-state index in [1.165, 1.54) is 0 Å². The van der Waals surface area contributed by atoms with Crippen molar-refractivity contribution in [1.82, 2.24) is 15.1 Å². The molecule has 27 heavy (non-hydrogen) atoms. The normalized spacial score (nSPS) is 17.4. The van der Waals surface area contributed by atoms with E-state index in [9.17, 15) is 14.7 Å². The predicted octanol–water partition coefficient (Wildman–Crippen LogP) is 1.68. The number of aryl methyl sites for hydroxylation is 1. The van der Waals surface area contributed by atoms with Gasteiger partial charge in [0.15, 0.2) is 0 Å². The summed E-state index contributed by atoms with van der Waals surface area (Å²) in [6.07, 6.45) is 4.30. The van der Waals surface area contributed by atoms with Crippen LogP contribution in [0.4, 0.5) is 10.5 Å². The van der Waals surface area contributed by atoms with Gasteiger partial charge in [0, 0.05) is 45.3 Å². The molecule has 0 radical (unpaired) electrons. The number of hydrogen-bond donors (Lipinski definition) is 3. The minimum atomic E-state index is -0.251. The van der Waals surface area contributed by atoms with Crippen molar-refractivity contribution in [3.63, 3.8) is 0 Å². The minimum Gasteiger partial charge on any atom is -0.395 e. The summed E-state index contributed by atoms with van der Waals surface area (Å²) < 4.78 is 0. The van der Waals surface area contributed by atoms with Crippen LogP contribution < -0.4 is 10.6 Å². The molecule has 1 fully saturated rings. The van der Waals surface area contributed by atoms with Crippen molar-refractivity contribution in [3.8, 4) is 0 Å².